The Kier molecular flexibility index (Phi) is 3.26. The molecule has 0 saturated carbocycles. The van der Waals surface area contributed by atoms with Crippen molar-refractivity contribution in [3.8, 4) is 0 Å². The molecule has 1 N–H and O–H groups in total. The molecule has 0 aliphatic heterocycles. The Bertz CT molecular complexity index is 541. The van der Waals surface area contributed by atoms with Gasteiger partial charge in [0.25, 0.3) is 0 Å². The molecule has 2 rings (SSSR count). The van der Waals surface area contributed by atoms with Crippen LogP contribution in [0.15, 0.2) is 35.4 Å². The molecule has 1 aromatic rings. The minimum absolute atomic E-state index is 0.359. The van der Waals surface area contributed by atoms with Gasteiger partial charge in [0.15, 0.2) is 5.78 Å². The molecule has 0 amide bonds. The maximum atomic E-state index is 12.5. The second-order valence-electron chi connectivity index (χ2n) is 4.71. The van der Waals surface area contributed by atoms with Crippen LogP contribution in [0.4, 0.5) is 13.2 Å². The number of aliphatic hydroxyl groups excluding tert-OH is 1. The molecule has 0 heterocycles. The first-order chi connectivity index (χ1) is 8.73. The molecule has 19 heavy (non-hydrogen) atoms. The van der Waals surface area contributed by atoms with Crippen molar-refractivity contribution in [3.05, 3.63) is 46.5 Å². The van der Waals surface area contributed by atoms with Crippen molar-refractivity contribution in [1.82, 2.24) is 0 Å². The molecular weight excluding hydrogens is 257 g/mol. The Balaban J connectivity index is 2.37. The average molecular weight is 270 g/mol. The van der Waals surface area contributed by atoms with Gasteiger partial charge < -0.3 is 5.11 Å². The Morgan fingerprint density at radius 1 is 1.11 bits per heavy atom. The van der Waals surface area contributed by atoms with Gasteiger partial charge >= 0.3 is 6.18 Å². The van der Waals surface area contributed by atoms with Crippen LogP contribution in [-0.2, 0) is 11.0 Å². The molecule has 0 unspecified atom stereocenters. The third-order valence-electron chi connectivity index (χ3n) is 3.61. The van der Waals surface area contributed by atoms with E-state index in [4.69, 9.17) is 0 Å². The highest BCUT2D eigenvalue weighted by Crippen LogP contribution is 2.38. The normalized spacial score (nSPS) is 24.2. The highest BCUT2D eigenvalue weighted by atomic mass is 19.4. The summed E-state index contributed by atoms with van der Waals surface area (Å²) in [4.78, 5) is 11.6. The number of carbonyl (C=O) groups is 1. The molecule has 2 nitrogen and oxygen atoms in total. The lowest BCUT2D eigenvalue weighted by atomic mass is 9.90. The van der Waals surface area contributed by atoms with Crippen molar-refractivity contribution >= 4 is 5.78 Å². The second-order valence-corrected chi connectivity index (χ2v) is 4.71. The van der Waals surface area contributed by atoms with Crippen LogP contribution in [0.1, 0.15) is 30.9 Å². The van der Waals surface area contributed by atoms with Gasteiger partial charge in [0.1, 0.15) is 6.10 Å². The molecule has 0 fully saturated rings. The van der Waals surface area contributed by atoms with Crippen molar-refractivity contribution < 1.29 is 23.1 Å². The van der Waals surface area contributed by atoms with Crippen molar-refractivity contribution in [1.29, 1.82) is 0 Å². The van der Waals surface area contributed by atoms with E-state index in [0.29, 0.717) is 16.7 Å². The van der Waals surface area contributed by atoms with Crippen LogP contribution in [0.5, 0.6) is 0 Å². The first-order valence-electron chi connectivity index (χ1n) is 5.80. The quantitative estimate of drug-likeness (QED) is 0.851. The molecule has 0 radical (unpaired) electrons. The van der Waals surface area contributed by atoms with E-state index in [1.165, 1.54) is 12.1 Å². The van der Waals surface area contributed by atoms with E-state index in [9.17, 15) is 23.1 Å². The summed E-state index contributed by atoms with van der Waals surface area (Å²) in [5, 5.41) is 9.87. The lowest BCUT2D eigenvalue weighted by Gasteiger charge is -2.17. The predicted octanol–water partition coefficient (Wildman–Crippen LogP) is 3.07. The zero-order chi connectivity index (χ0) is 14.4. The van der Waals surface area contributed by atoms with Crippen LogP contribution in [0.2, 0.25) is 0 Å². The highest BCUT2D eigenvalue weighted by molar-refractivity contribution is 6.03. The summed E-state index contributed by atoms with van der Waals surface area (Å²) in [6.07, 6.45) is -5.58. The maximum Gasteiger partial charge on any atom is 0.416 e. The van der Waals surface area contributed by atoms with Gasteiger partial charge in [-0.15, -0.1) is 0 Å². The minimum Gasteiger partial charge on any atom is -0.384 e. The number of Topliss-reactive ketones (excluding diaryl/α,β-unsaturated/α-hetero) is 1. The van der Waals surface area contributed by atoms with E-state index in [1.807, 2.05) is 0 Å². The fraction of sp³-hybridized carbons (Fsp3) is 0.357. The minimum atomic E-state index is -4.39. The third-order valence-corrected chi connectivity index (χ3v) is 3.61. The van der Waals surface area contributed by atoms with Crippen LogP contribution in [0.3, 0.4) is 0 Å². The number of aliphatic hydroxyl groups is 1. The molecule has 1 aliphatic carbocycles. The number of rotatable bonds is 1. The Morgan fingerprint density at radius 2 is 1.63 bits per heavy atom. The topological polar surface area (TPSA) is 37.3 Å². The molecule has 2 atom stereocenters. The van der Waals surface area contributed by atoms with Gasteiger partial charge in [-0.1, -0.05) is 17.7 Å². The molecule has 0 saturated heterocycles. The Labute approximate surface area is 108 Å². The molecule has 0 aromatic heterocycles. The molecular formula is C14H13F3O2. The first-order valence-corrected chi connectivity index (χ1v) is 5.80. The van der Waals surface area contributed by atoms with E-state index in [1.54, 1.807) is 13.8 Å². The maximum absolute atomic E-state index is 12.5. The van der Waals surface area contributed by atoms with Gasteiger partial charge in [0.05, 0.1) is 5.56 Å². The average Bonchev–Trinajstić information content (AvgIpc) is 2.53. The smallest absolute Gasteiger partial charge is 0.384 e. The van der Waals surface area contributed by atoms with Crippen molar-refractivity contribution in [3.63, 3.8) is 0 Å². The monoisotopic (exact) mass is 270 g/mol. The van der Waals surface area contributed by atoms with Crippen molar-refractivity contribution in [2.45, 2.75) is 32.0 Å². The molecule has 0 spiro atoms. The standard InChI is InChI=1S/C14H13F3O2/c1-7-8(2)12(18)13(19)11(7)9-3-5-10(6-4-9)14(15,16)17/h3-6,11,13,19H,1-2H3/t11-,13-/m1/s1. The Hall–Kier alpha value is -1.62. The zero-order valence-electron chi connectivity index (χ0n) is 10.5. The lowest BCUT2D eigenvalue weighted by molar-refractivity contribution is -0.137. The van der Waals surface area contributed by atoms with E-state index >= 15 is 0 Å². The summed E-state index contributed by atoms with van der Waals surface area (Å²) in [7, 11) is 0. The number of ketones is 1. The number of carbonyl (C=O) groups excluding carboxylic acids is 1. The molecule has 0 bridgehead atoms. The van der Waals surface area contributed by atoms with Crippen LogP contribution >= 0.6 is 0 Å². The predicted molar refractivity (Wildman–Crippen MR) is 63.6 cm³/mol. The second kappa shape index (κ2) is 4.49. The first kappa shape index (κ1) is 13.8. The zero-order valence-corrected chi connectivity index (χ0v) is 10.5. The van der Waals surface area contributed by atoms with Gasteiger partial charge in [-0.25, -0.2) is 0 Å². The number of halogens is 3. The number of alkyl halides is 3. The van der Waals surface area contributed by atoms with Crippen LogP contribution < -0.4 is 0 Å². The summed E-state index contributed by atoms with van der Waals surface area (Å²) in [6.45, 7) is 3.33. The third kappa shape index (κ3) is 2.30. The van der Waals surface area contributed by atoms with Crippen LogP contribution in [0, 0.1) is 0 Å². The Morgan fingerprint density at radius 3 is 2.00 bits per heavy atom. The number of hydrogen-bond donors (Lipinski definition) is 1. The lowest BCUT2D eigenvalue weighted by Crippen LogP contribution is -2.22. The van der Waals surface area contributed by atoms with Gasteiger partial charge in [0.2, 0.25) is 0 Å². The summed E-state index contributed by atoms with van der Waals surface area (Å²) in [5.74, 6) is -0.905. The van der Waals surface area contributed by atoms with Gasteiger partial charge in [-0.05, 0) is 37.1 Å². The van der Waals surface area contributed by atoms with Crippen molar-refractivity contribution in [2.24, 2.45) is 0 Å². The molecule has 5 heteroatoms. The largest absolute Gasteiger partial charge is 0.416 e. The highest BCUT2D eigenvalue weighted by Gasteiger charge is 2.38. The fourth-order valence-electron chi connectivity index (χ4n) is 2.35. The van der Waals surface area contributed by atoms with E-state index in [-0.39, 0.29) is 5.78 Å². The van der Waals surface area contributed by atoms with Gasteiger partial charge in [-0.3, -0.25) is 4.79 Å². The summed E-state index contributed by atoms with van der Waals surface area (Å²) >= 11 is 0. The van der Waals surface area contributed by atoms with E-state index in [0.717, 1.165) is 12.1 Å². The fourth-order valence-corrected chi connectivity index (χ4v) is 2.35. The summed E-state index contributed by atoms with van der Waals surface area (Å²) < 4.78 is 37.4. The molecule has 1 aromatic carbocycles. The number of benzene rings is 1. The molecule has 1 aliphatic rings. The van der Waals surface area contributed by atoms with E-state index < -0.39 is 23.8 Å². The molecule has 102 valence electrons. The number of hydrogen-bond acceptors (Lipinski definition) is 2. The van der Waals surface area contributed by atoms with E-state index in [2.05, 4.69) is 0 Å². The van der Waals surface area contributed by atoms with Gasteiger partial charge in [0, 0.05) is 5.92 Å². The van der Waals surface area contributed by atoms with Crippen LogP contribution in [-0.4, -0.2) is 17.0 Å². The van der Waals surface area contributed by atoms with Crippen molar-refractivity contribution in [2.75, 3.05) is 0 Å². The van der Waals surface area contributed by atoms with Gasteiger partial charge in [-0.2, -0.15) is 13.2 Å². The SMILES string of the molecule is CC1=C(C)[C@H](c2ccc(C(F)(F)F)cc2)[C@@H](O)C1=O. The summed E-state index contributed by atoms with van der Waals surface area (Å²) in [6, 6.07) is 4.55. The van der Waals surface area contributed by atoms with Crippen LogP contribution in [0.25, 0.3) is 0 Å². The summed E-state index contributed by atoms with van der Waals surface area (Å²) in [5.41, 5.74) is 0.964.